The van der Waals surface area contributed by atoms with Gasteiger partial charge in [-0.1, -0.05) is 11.6 Å². The van der Waals surface area contributed by atoms with Crippen molar-refractivity contribution in [3.63, 3.8) is 0 Å². The van der Waals surface area contributed by atoms with Crippen molar-refractivity contribution in [2.75, 3.05) is 6.61 Å². The fraction of sp³-hybridized carbons (Fsp3) is 0.455. The summed E-state index contributed by atoms with van der Waals surface area (Å²) in [6, 6.07) is 4.60. The van der Waals surface area contributed by atoms with Crippen LogP contribution in [0.25, 0.3) is 0 Å². The number of hydrogen-bond acceptors (Lipinski definition) is 2. The number of hydrogen-bond donors (Lipinski definition) is 1. The Balaban J connectivity index is 2.46. The van der Waals surface area contributed by atoms with Gasteiger partial charge in [-0.15, -0.1) is 0 Å². The highest BCUT2D eigenvalue weighted by Crippen LogP contribution is 2.24. The highest BCUT2D eigenvalue weighted by molar-refractivity contribution is 6.30. The maximum Gasteiger partial charge on any atom is 0.389 e. The monoisotopic (exact) mass is 268 g/mol. The van der Waals surface area contributed by atoms with Crippen LogP contribution in [0.2, 0.25) is 5.02 Å². The van der Waals surface area contributed by atoms with Gasteiger partial charge in [0.05, 0.1) is 13.2 Å². The second-order valence-electron chi connectivity index (χ2n) is 3.48. The summed E-state index contributed by atoms with van der Waals surface area (Å²) in [6.45, 7) is -0.316. The second kappa shape index (κ2) is 6.12. The zero-order valence-corrected chi connectivity index (χ0v) is 9.68. The van der Waals surface area contributed by atoms with Gasteiger partial charge in [0, 0.05) is 17.0 Å². The van der Waals surface area contributed by atoms with Gasteiger partial charge in [0.25, 0.3) is 0 Å². The van der Waals surface area contributed by atoms with Gasteiger partial charge in [-0.05, 0) is 24.6 Å². The number of aliphatic hydroxyl groups is 1. The molecule has 1 aromatic rings. The number of rotatable bonds is 5. The standard InChI is InChI=1S/C11H12ClF3O2/c12-9-2-3-10(8(6-9)7-16)17-5-1-4-11(13,14)15/h2-3,6,16H,1,4-5,7H2. The minimum atomic E-state index is -4.16. The first-order valence-corrected chi connectivity index (χ1v) is 5.39. The highest BCUT2D eigenvalue weighted by atomic mass is 35.5. The van der Waals surface area contributed by atoms with Crippen LogP contribution in [0.1, 0.15) is 18.4 Å². The number of aliphatic hydroxyl groups excluding tert-OH is 1. The Morgan fingerprint density at radius 3 is 2.59 bits per heavy atom. The fourth-order valence-corrected chi connectivity index (χ4v) is 1.46. The third kappa shape index (κ3) is 5.28. The van der Waals surface area contributed by atoms with Gasteiger partial charge in [0.1, 0.15) is 5.75 Å². The molecule has 0 saturated carbocycles. The molecule has 1 rings (SSSR count). The topological polar surface area (TPSA) is 29.5 Å². The summed E-state index contributed by atoms with van der Waals surface area (Å²) in [7, 11) is 0. The van der Waals surface area contributed by atoms with Crippen LogP contribution in [-0.2, 0) is 6.61 Å². The first kappa shape index (κ1) is 14.1. The molecule has 6 heteroatoms. The molecule has 1 N–H and O–H groups in total. The van der Waals surface area contributed by atoms with Crippen molar-refractivity contribution in [2.24, 2.45) is 0 Å². The number of ether oxygens (including phenoxy) is 1. The van der Waals surface area contributed by atoms with E-state index in [1.54, 1.807) is 6.07 Å². The number of alkyl halides is 3. The third-order valence-corrected chi connectivity index (χ3v) is 2.29. The lowest BCUT2D eigenvalue weighted by Crippen LogP contribution is -2.10. The van der Waals surface area contributed by atoms with E-state index in [1.165, 1.54) is 12.1 Å². The van der Waals surface area contributed by atoms with Crippen molar-refractivity contribution < 1.29 is 23.0 Å². The van der Waals surface area contributed by atoms with E-state index >= 15 is 0 Å². The second-order valence-corrected chi connectivity index (χ2v) is 3.91. The minimum absolute atomic E-state index is 0.0475. The molecule has 0 spiro atoms. The average Bonchev–Trinajstić information content (AvgIpc) is 2.24. The van der Waals surface area contributed by atoms with Gasteiger partial charge >= 0.3 is 6.18 Å². The summed E-state index contributed by atoms with van der Waals surface area (Å²) < 4.78 is 40.8. The van der Waals surface area contributed by atoms with Crippen LogP contribution >= 0.6 is 11.6 Å². The number of halogens is 4. The summed E-state index contributed by atoms with van der Waals surface area (Å²) in [5.41, 5.74) is 0.463. The van der Waals surface area contributed by atoms with Crippen molar-refractivity contribution in [1.82, 2.24) is 0 Å². The lowest BCUT2D eigenvalue weighted by Gasteiger charge is -2.11. The molecule has 0 aliphatic carbocycles. The molecular formula is C11H12ClF3O2. The largest absolute Gasteiger partial charge is 0.493 e. The summed E-state index contributed by atoms with van der Waals surface area (Å²) in [6.07, 6.45) is -5.16. The molecule has 96 valence electrons. The normalized spacial score (nSPS) is 11.6. The van der Waals surface area contributed by atoms with Crippen molar-refractivity contribution in [3.8, 4) is 5.75 Å². The average molecular weight is 269 g/mol. The van der Waals surface area contributed by atoms with E-state index in [4.69, 9.17) is 21.4 Å². The van der Waals surface area contributed by atoms with Crippen LogP contribution in [0.5, 0.6) is 5.75 Å². The van der Waals surface area contributed by atoms with Crippen LogP contribution in [0, 0.1) is 0 Å². The Morgan fingerprint density at radius 1 is 1.29 bits per heavy atom. The minimum Gasteiger partial charge on any atom is -0.493 e. The van der Waals surface area contributed by atoms with E-state index in [-0.39, 0.29) is 19.6 Å². The molecule has 0 heterocycles. The quantitative estimate of drug-likeness (QED) is 0.828. The van der Waals surface area contributed by atoms with Crippen molar-refractivity contribution >= 4 is 11.6 Å². The summed E-state index contributed by atoms with van der Waals surface area (Å²) >= 11 is 5.70. The van der Waals surface area contributed by atoms with E-state index in [9.17, 15) is 13.2 Å². The molecule has 0 fully saturated rings. The van der Waals surface area contributed by atoms with Crippen LogP contribution in [0.15, 0.2) is 18.2 Å². The molecule has 0 atom stereocenters. The molecule has 0 bridgehead atoms. The Hall–Kier alpha value is -0.940. The number of benzene rings is 1. The maximum absolute atomic E-state index is 11.9. The molecule has 2 nitrogen and oxygen atoms in total. The Labute approximate surface area is 102 Å². The molecular weight excluding hydrogens is 257 g/mol. The Bertz CT molecular complexity index is 366. The SMILES string of the molecule is OCc1cc(Cl)ccc1OCCCC(F)(F)F. The summed E-state index contributed by atoms with van der Waals surface area (Å²) in [4.78, 5) is 0. The van der Waals surface area contributed by atoms with E-state index in [0.29, 0.717) is 16.3 Å². The van der Waals surface area contributed by atoms with Crippen LogP contribution < -0.4 is 4.74 Å². The van der Waals surface area contributed by atoms with Gasteiger partial charge in [-0.2, -0.15) is 13.2 Å². The van der Waals surface area contributed by atoms with Crippen LogP contribution in [-0.4, -0.2) is 17.9 Å². The fourth-order valence-electron chi connectivity index (χ4n) is 1.27. The lowest BCUT2D eigenvalue weighted by atomic mass is 10.2. The smallest absolute Gasteiger partial charge is 0.389 e. The van der Waals surface area contributed by atoms with Crippen LogP contribution in [0.3, 0.4) is 0 Å². The van der Waals surface area contributed by atoms with E-state index < -0.39 is 12.6 Å². The first-order valence-electron chi connectivity index (χ1n) is 5.01. The van der Waals surface area contributed by atoms with Gasteiger partial charge in [-0.25, -0.2) is 0 Å². The van der Waals surface area contributed by atoms with Crippen molar-refractivity contribution in [3.05, 3.63) is 28.8 Å². The first-order chi connectivity index (χ1) is 7.92. The molecule has 0 aromatic heterocycles. The summed E-state index contributed by atoms with van der Waals surface area (Å²) in [5, 5.41) is 9.45. The van der Waals surface area contributed by atoms with Crippen molar-refractivity contribution in [2.45, 2.75) is 25.6 Å². The molecule has 0 saturated heterocycles. The molecule has 0 aliphatic heterocycles. The van der Waals surface area contributed by atoms with E-state index in [0.717, 1.165) is 0 Å². The predicted octanol–water partition coefficient (Wildman–Crippen LogP) is 3.55. The zero-order valence-electron chi connectivity index (χ0n) is 8.93. The maximum atomic E-state index is 11.9. The van der Waals surface area contributed by atoms with Gasteiger partial charge in [-0.3, -0.25) is 0 Å². The summed E-state index contributed by atoms with van der Waals surface area (Å²) in [5.74, 6) is 0.360. The van der Waals surface area contributed by atoms with E-state index in [1.807, 2.05) is 0 Å². The predicted molar refractivity (Wildman–Crippen MR) is 58.2 cm³/mol. The molecule has 0 radical (unpaired) electrons. The Kier molecular flexibility index (Phi) is 5.08. The molecule has 17 heavy (non-hydrogen) atoms. The van der Waals surface area contributed by atoms with Gasteiger partial charge < -0.3 is 9.84 Å². The molecule has 0 unspecified atom stereocenters. The van der Waals surface area contributed by atoms with Gasteiger partial charge in [0.15, 0.2) is 0 Å². The molecule has 0 aliphatic rings. The van der Waals surface area contributed by atoms with Gasteiger partial charge in [0.2, 0.25) is 0 Å². The van der Waals surface area contributed by atoms with Crippen molar-refractivity contribution in [1.29, 1.82) is 0 Å². The Morgan fingerprint density at radius 2 is 2.00 bits per heavy atom. The molecule has 1 aromatic carbocycles. The highest BCUT2D eigenvalue weighted by Gasteiger charge is 2.26. The van der Waals surface area contributed by atoms with E-state index in [2.05, 4.69) is 0 Å². The van der Waals surface area contributed by atoms with Crippen LogP contribution in [0.4, 0.5) is 13.2 Å². The third-order valence-electron chi connectivity index (χ3n) is 2.06. The zero-order chi connectivity index (χ0) is 12.9. The lowest BCUT2D eigenvalue weighted by molar-refractivity contribution is -0.136. The molecule has 0 amide bonds.